The molecule has 2 aliphatic rings. The molecule has 0 aromatic heterocycles. The molecule has 0 aromatic carbocycles. The van der Waals surface area contributed by atoms with Gasteiger partial charge in [-0.2, -0.15) is 0 Å². The van der Waals surface area contributed by atoms with E-state index in [1.807, 2.05) is 0 Å². The molecule has 2 rings (SSSR count). The van der Waals surface area contributed by atoms with Crippen LogP contribution in [-0.4, -0.2) is 42.9 Å². The first-order chi connectivity index (χ1) is 10.2. The molecule has 0 bridgehead atoms. The summed E-state index contributed by atoms with van der Waals surface area (Å²) in [4.78, 5) is 22.9. The molecule has 2 fully saturated rings. The van der Waals surface area contributed by atoms with Crippen LogP contribution in [-0.2, 0) is 9.53 Å². The number of nitrogens with one attached hydrogen (secondary N) is 2. The van der Waals surface area contributed by atoms with E-state index >= 15 is 0 Å². The van der Waals surface area contributed by atoms with Gasteiger partial charge in [-0.15, -0.1) is 0 Å². The largest absolute Gasteiger partial charge is 0.481 e. The van der Waals surface area contributed by atoms with Gasteiger partial charge < -0.3 is 20.5 Å². The summed E-state index contributed by atoms with van der Waals surface area (Å²) in [5.74, 6) is -0.500. The zero-order chi connectivity index (χ0) is 15.1. The van der Waals surface area contributed by atoms with Gasteiger partial charge in [0.25, 0.3) is 0 Å². The Morgan fingerprint density at radius 3 is 2.62 bits per heavy atom. The fourth-order valence-electron chi connectivity index (χ4n) is 2.73. The Hall–Kier alpha value is -1.30. The predicted molar refractivity (Wildman–Crippen MR) is 78.1 cm³/mol. The molecule has 2 saturated carbocycles. The van der Waals surface area contributed by atoms with Gasteiger partial charge in [-0.05, 0) is 38.0 Å². The van der Waals surface area contributed by atoms with Crippen molar-refractivity contribution in [2.75, 3.05) is 19.8 Å². The average Bonchev–Trinajstić information content (AvgIpc) is 3.27. The maximum atomic E-state index is 11.8. The van der Waals surface area contributed by atoms with E-state index in [1.54, 1.807) is 0 Å². The fourth-order valence-corrected chi connectivity index (χ4v) is 2.73. The predicted octanol–water partition coefficient (Wildman–Crippen LogP) is 1.75. The van der Waals surface area contributed by atoms with Crippen LogP contribution in [0.2, 0.25) is 0 Å². The molecule has 120 valence electrons. The van der Waals surface area contributed by atoms with Gasteiger partial charge in [-0.1, -0.05) is 12.8 Å². The number of carbonyl (C=O) groups is 2. The van der Waals surface area contributed by atoms with Gasteiger partial charge in [0.05, 0.1) is 5.92 Å². The Morgan fingerprint density at radius 2 is 1.90 bits per heavy atom. The molecule has 0 saturated heterocycles. The van der Waals surface area contributed by atoms with Crippen molar-refractivity contribution in [2.24, 2.45) is 11.8 Å². The molecule has 2 aliphatic carbocycles. The summed E-state index contributed by atoms with van der Waals surface area (Å²) >= 11 is 0. The number of ether oxygens (including phenoxy) is 1. The van der Waals surface area contributed by atoms with E-state index in [-0.39, 0.29) is 12.1 Å². The van der Waals surface area contributed by atoms with Crippen LogP contribution in [0.4, 0.5) is 4.79 Å². The zero-order valence-corrected chi connectivity index (χ0v) is 12.5. The Morgan fingerprint density at radius 1 is 1.14 bits per heavy atom. The van der Waals surface area contributed by atoms with Crippen molar-refractivity contribution in [3.05, 3.63) is 0 Å². The standard InChI is InChI=1S/C15H26N2O4/c18-14(19)12-4-1-2-5-13(12)17-15(20)16-8-3-9-21-10-11-6-7-11/h11-13H,1-10H2,(H,18,19)(H2,16,17,20). The number of rotatable bonds is 8. The lowest BCUT2D eigenvalue weighted by atomic mass is 9.84. The van der Waals surface area contributed by atoms with Crippen molar-refractivity contribution in [2.45, 2.75) is 51.0 Å². The number of carboxylic acids is 1. The van der Waals surface area contributed by atoms with Crippen molar-refractivity contribution in [1.82, 2.24) is 10.6 Å². The molecule has 2 atom stereocenters. The van der Waals surface area contributed by atoms with Crippen molar-refractivity contribution in [1.29, 1.82) is 0 Å². The van der Waals surface area contributed by atoms with Crippen molar-refractivity contribution in [3.63, 3.8) is 0 Å². The van der Waals surface area contributed by atoms with Crippen LogP contribution in [0.5, 0.6) is 0 Å². The highest BCUT2D eigenvalue weighted by Gasteiger charge is 2.31. The van der Waals surface area contributed by atoms with E-state index in [0.717, 1.165) is 38.2 Å². The monoisotopic (exact) mass is 298 g/mol. The summed E-state index contributed by atoms with van der Waals surface area (Å²) < 4.78 is 5.49. The number of aliphatic carboxylic acids is 1. The van der Waals surface area contributed by atoms with E-state index in [1.165, 1.54) is 12.8 Å². The Labute approximate surface area is 125 Å². The molecule has 3 N–H and O–H groups in total. The molecule has 0 heterocycles. The number of carbonyl (C=O) groups excluding carboxylic acids is 1. The summed E-state index contributed by atoms with van der Waals surface area (Å²) in [6.45, 7) is 2.06. The fraction of sp³-hybridized carbons (Fsp3) is 0.867. The SMILES string of the molecule is O=C(NCCCOCC1CC1)NC1CCCCC1C(=O)O. The van der Waals surface area contributed by atoms with Crippen LogP contribution in [0.15, 0.2) is 0 Å². The first-order valence-electron chi connectivity index (χ1n) is 8.01. The van der Waals surface area contributed by atoms with Gasteiger partial charge >= 0.3 is 12.0 Å². The normalized spacial score (nSPS) is 25.3. The van der Waals surface area contributed by atoms with Crippen molar-refractivity contribution in [3.8, 4) is 0 Å². The maximum Gasteiger partial charge on any atom is 0.315 e. The lowest BCUT2D eigenvalue weighted by Gasteiger charge is -2.29. The lowest BCUT2D eigenvalue weighted by Crippen LogP contribution is -2.49. The first-order valence-corrected chi connectivity index (χ1v) is 8.01. The molecule has 0 aliphatic heterocycles. The van der Waals surface area contributed by atoms with Crippen LogP contribution < -0.4 is 10.6 Å². The van der Waals surface area contributed by atoms with E-state index < -0.39 is 11.9 Å². The maximum absolute atomic E-state index is 11.8. The van der Waals surface area contributed by atoms with Crippen molar-refractivity contribution < 1.29 is 19.4 Å². The van der Waals surface area contributed by atoms with Gasteiger partial charge in [0.1, 0.15) is 0 Å². The molecule has 21 heavy (non-hydrogen) atoms. The smallest absolute Gasteiger partial charge is 0.315 e. The topological polar surface area (TPSA) is 87.7 Å². The number of amides is 2. The zero-order valence-electron chi connectivity index (χ0n) is 12.5. The number of urea groups is 1. The average molecular weight is 298 g/mol. The third-order valence-corrected chi connectivity index (χ3v) is 4.20. The third kappa shape index (κ3) is 5.91. The highest BCUT2D eigenvalue weighted by molar-refractivity contribution is 5.76. The van der Waals surface area contributed by atoms with Gasteiger partial charge in [0, 0.05) is 25.8 Å². The minimum atomic E-state index is -0.812. The first kappa shape index (κ1) is 16.1. The Bertz CT molecular complexity index is 358. The Kier molecular flexibility index (Phi) is 6.29. The van der Waals surface area contributed by atoms with E-state index in [9.17, 15) is 9.59 Å². The summed E-state index contributed by atoms with van der Waals surface area (Å²) in [7, 11) is 0. The highest BCUT2D eigenvalue weighted by Crippen LogP contribution is 2.28. The molecule has 0 spiro atoms. The molecule has 6 heteroatoms. The second kappa shape index (κ2) is 8.22. The summed E-state index contributed by atoms with van der Waals surface area (Å²) in [5.41, 5.74) is 0. The molecule has 2 unspecified atom stereocenters. The van der Waals surface area contributed by atoms with Crippen LogP contribution >= 0.6 is 0 Å². The van der Waals surface area contributed by atoms with Gasteiger partial charge in [-0.3, -0.25) is 4.79 Å². The van der Waals surface area contributed by atoms with Crippen LogP contribution in [0.3, 0.4) is 0 Å². The number of hydrogen-bond acceptors (Lipinski definition) is 3. The second-order valence-corrected chi connectivity index (χ2v) is 6.11. The van der Waals surface area contributed by atoms with E-state index in [0.29, 0.717) is 19.6 Å². The van der Waals surface area contributed by atoms with Crippen molar-refractivity contribution >= 4 is 12.0 Å². The summed E-state index contributed by atoms with van der Waals surface area (Å²) in [6.07, 6.45) is 6.65. The lowest BCUT2D eigenvalue weighted by molar-refractivity contribution is -0.143. The summed E-state index contributed by atoms with van der Waals surface area (Å²) in [6, 6.07) is -0.516. The molecular weight excluding hydrogens is 272 g/mol. The Balaban J connectivity index is 1.55. The summed E-state index contributed by atoms with van der Waals surface area (Å²) in [5, 5.41) is 14.7. The highest BCUT2D eigenvalue weighted by atomic mass is 16.5. The number of carboxylic acid groups (broad SMARTS) is 1. The minimum Gasteiger partial charge on any atom is -0.481 e. The van der Waals surface area contributed by atoms with E-state index in [4.69, 9.17) is 9.84 Å². The van der Waals surface area contributed by atoms with E-state index in [2.05, 4.69) is 10.6 Å². The second-order valence-electron chi connectivity index (χ2n) is 6.11. The molecule has 6 nitrogen and oxygen atoms in total. The number of hydrogen-bond donors (Lipinski definition) is 3. The van der Waals surface area contributed by atoms with Crippen LogP contribution in [0, 0.1) is 11.8 Å². The van der Waals surface area contributed by atoms with Crippen LogP contribution in [0.25, 0.3) is 0 Å². The third-order valence-electron chi connectivity index (χ3n) is 4.20. The molecular formula is C15H26N2O4. The van der Waals surface area contributed by atoms with Crippen LogP contribution in [0.1, 0.15) is 44.9 Å². The molecule has 2 amide bonds. The minimum absolute atomic E-state index is 0.248. The van der Waals surface area contributed by atoms with Gasteiger partial charge in [0.2, 0.25) is 0 Å². The molecule has 0 aromatic rings. The van der Waals surface area contributed by atoms with Gasteiger partial charge in [0.15, 0.2) is 0 Å². The molecule has 0 radical (unpaired) electrons. The van der Waals surface area contributed by atoms with Gasteiger partial charge in [-0.25, -0.2) is 4.79 Å². The quantitative estimate of drug-likeness (QED) is 0.596.